The Bertz CT molecular complexity index is 724. The predicted octanol–water partition coefficient (Wildman–Crippen LogP) is 6.13. The zero-order valence-electron chi connectivity index (χ0n) is 11.5. The van der Waals surface area contributed by atoms with Crippen LogP contribution in [-0.4, -0.2) is 0 Å². The van der Waals surface area contributed by atoms with E-state index < -0.39 is 0 Å². The summed E-state index contributed by atoms with van der Waals surface area (Å²) in [5, 5.41) is 0. The molecule has 0 heterocycles. The van der Waals surface area contributed by atoms with Crippen LogP contribution in [0.5, 0.6) is 0 Å². The molecule has 0 saturated heterocycles. The molecule has 0 saturated carbocycles. The van der Waals surface area contributed by atoms with Crippen molar-refractivity contribution in [1.29, 1.82) is 0 Å². The molecule has 110 valence electrons. The van der Waals surface area contributed by atoms with E-state index in [1.165, 1.54) is 23.0 Å². The number of hydrogen-bond donors (Lipinski definition) is 0. The summed E-state index contributed by atoms with van der Waals surface area (Å²) in [6, 6.07) is 23.8. The minimum absolute atomic E-state index is 0.189. The molecule has 0 fully saturated rings. The predicted molar refractivity (Wildman–Crippen MR) is 107 cm³/mol. The average Bonchev–Trinajstić information content (AvgIpc) is 2.51. The van der Waals surface area contributed by atoms with E-state index in [0.29, 0.717) is 0 Å². The van der Waals surface area contributed by atoms with Gasteiger partial charge >= 0.3 is 0 Å². The first-order chi connectivity index (χ1) is 10.6. The lowest BCUT2D eigenvalue weighted by atomic mass is 10.3. The highest BCUT2D eigenvalue weighted by atomic mass is 127. The van der Waals surface area contributed by atoms with Crippen LogP contribution in [0, 0.1) is 13.0 Å². The molecule has 0 aliphatic rings. The van der Waals surface area contributed by atoms with Crippen molar-refractivity contribution in [2.75, 3.05) is 0 Å². The Morgan fingerprint density at radius 3 is 1.59 bits per heavy atom. The third-order valence-electron chi connectivity index (χ3n) is 3.13. The molecule has 22 heavy (non-hydrogen) atoms. The van der Waals surface area contributed by atoms with Gasteiger partial charge in [0.2, 0.25) is 0 Å². The lowest BCUT2D eigenvalue weighted by Gasteiger charge is -2.08. The molecular weight excluding hydrogens is 521 g/mol. The van der Waals surface area contributed by atoms with Gasteiger partial charge in [0.1, 0.15) is 5.82 Å². The van der Waals surface area contributed by atoms with Crippen LogP contribution in [0.25, 0.3) is 0 Å². The van der Waals surface area contributed by atoms with Gasteiger partial charge in [-0.2, -0.15) is 0 Å². The third-order valence-corrected chi connectivity index (χ3v) is 6.78. The Labute approximate surface area is 159 Å². The van der Waals surface area contributed by atoms with Gasteiger partial charge in [0.25, 0.3) is 0 Å². The smallest absolute Gasteiger partial charge is 0.169 e. The van der Waals surface area contributed by atoms with Gasteiger partial charge in [-0.05, 0) is 106 Å². The second kappa shape index (κ2) is 7.31. The molecule has 4 heteroatoms. The van der Waals surface area contributed by atoms with Crippen molar-refractivity contribution < 1.29 is 4.39 Å². The molecule has 0 aliphatic heterocycles. The van der Waals surface area contributed by atoms with Crippen molar-refractivity contribution >= 4 is 56.1 Å². The van der Waals surface area contributed by atoms with Gasteiger partial charge in [-0.1, -0.05) is 6.07 Å². The molecule has 0 aliphatic carbocycles. The molecule has 0 unspecified atom stereocenters. The summed E-state index contributed by atoms with van der Waals surface area (Å²) in [5.41, 5.74) is 0. The summed E-state index contributed by atoms with van der Waals surface area (Å²) in [6.07, 6.45) is 0. The van der Waals surface area contributed by atoms with Gasteiger partial charge in [-0.25, -0.2) is 4.39 Å². The molecule has 3 rings (SSSR count). The minimum Gasteiger partial charge on any atom is -0.207 e. The van der Waals surface area contributed by atoms with Crippen LogP contribution in [0.15, 0.2) is 87.5 Å². The van der Waals surface area contributed by atoms with Crippen LogP contribution in [0.3, 0.4) is 0 Å². The summed E-state index contributed by atoms with van der Waals surface area (Å²) >= 11 is 4.60. The van der Waals surface area contributed by atoms with E-state index >= 15 is 0 Å². The lowest BCUT2D eigenvalue weighted by molar-refractivity contribution is 0.624. The van der Waals surface area contributed by atoms with Gasteiger partial charge in [0.15, 0.2) is 14.7 Å². The Morgan fingerprint density at radius 2 is 1.14 bits per heavy atom. The van der Waals surface area contributed by atoms with Crippen molar-refractivity contribution in [3.8, 4) is 0 Å². The first kappa shape index (κ1) is 16.3. The quantitative estimate of drug-likeness (QED) is 0.281. The molecule has 0 atom stereocenters. The lowest BCUT2D eigenvalue weighted by Crippen LogP contribution is -2.05. The van der Waals surface area contributed by atoms with Crippen molar-refractivity contribution in [2.45, 2.75) is 14.7 Å². The molecule has 0 bridgehead atoms. The molecular formula is C18H12FI2S+. The fraction of sp³-hybridized carbons (Fsp3) is 0. The SMILES string of the molecule is Fc1cccc([S+](c2ccc(I)cc2)c2ccc(I)cc2)c1. The largest absolute Gasteiger partial charge is 0.207 e. The Balaban J connectivity index is 2.13. The molecule has 0 nitrogen and oxygen atoms in total. The van der Waals surface area contributed by atoms with Crippen LogP contribution in [0.2, 0.25) is 0 Å². The van der Waals surface area contributed by atoms with E-state index in [4.69, 9.17) is 0 Å². The molecule has 0 N–H and O–H groups in total. The van der Waals surface area contributed by atoms with Crippen LogP contribution < -0.4 is 0 Å². The monoisotopic (exact) mass is 533 g/mol. The summed E-state index contributed by atoms with van der Waals surface area (Å²) in [6.45, 7) is 0. The summed E-state index contributed by atoms with van der Waals surface area (Å²) in [7, 11) is -0.288. The molecule has 0 amide bonds. The van der Waals surface area contributed by atoms with E-state index in [2.05, 4.69) is 93.7 Å². The molecule has 3 aromatic rings. The minimum atomic E-state index is -0.288. The van der Waals surface area contributed by atoms with Gasteiger partial charge in [-0.3, -0.25) is 0 Å². The van der Waals surface area contributed by atoms with Crippen molar-refractivity contribution in [2.24, 2.45) is 0 Å². The zero-order chi connectivity index (χ0) is 15.5. The van der Waals surface area contributed by atoms with Crippen LogP contribution >= 0.6 is 45.2 Å². The van der Waals surface area contributed by atoms with Crippen molar-refractivity contribution in [1.82, 2.24) is 0 Å². The highest BCUT2D eigenvalue weighted by Crippen LogP contribution is 2.32. The second-order valence-corrected chi connectivity index (χ2v) is 9.19. The Morgan fingerprint density at radius 1 is 0.636 bits per heavy atom. The number of benzene rings is 3. The Hall–Kier alpha value is -0.600. The maximum atomic E-state index is 13.7. The zero-order valence-corrected chi connectivity index (χ0v) is 16.6. The second-order valence-electron chi connectivity index (χ2n) is 4.67. The molecule has 0 aromatic heterocycles. The molecule has 0 spiro atoms. The number of rotatable bonds is 3. The maximum absolute atomic E-state index is 13.7. The fourth-order valence-electron chi connectivity index (χ4n) is 2.14. The van der Waals surface area contributed by atoms with Gasteiger partial charge in [-0.15, -0.1) is 0 Å². The normalized spacial score (nSPS) is 10.9. The fourth-order valence-corrected chi connectivity index (χ4v) is 4.94. The van der Waals surface area contributed by atoms with E-state index in [9.17, 15) is 4.39 Å². The van der Waals surface area contributed by atoms with Gasteiger partial charge < -0.3 is 0 Å². The summed E-state index contributed by atoms with van der Waals surface area (Å²) in [4.78, 5) is 3.40. The number of halogens is 3. The van der Waals surface area contributed by atoms with Gasteiger partial charge in [0.05, 0.1) is 10.9 Å². The third kappa shape index (κ3) is 3.83. The van der Waals surface area contributed by atoms with Crippen LogP contribution in [0.4, 0.5) is 4.39 Å². The molecule has 3 aromatic carbocycles. The average molecular weight is 533 g/mol. The highest BCUT2D eigenvalue weighted by Gasteiger charge is 2.28. The number of hydrogen-bond acceptors (Lipinski definition) is 0. The van der Waals surface area contributed by atoms with Crippen molar-refractivity contribution in [3.05, 3.63) is 85.8 Å². The van der Waals surface area contributed by atoms with E-state index in [-0.39, 0.29) is 16.7 Å². The van der Waals surface area contributed by atoms with E-state index in [1.807, 2.05) is 6.07 Å². The van der Waals surface area contributed by atoms with Crippen molar-refractivity contribution in [3.63, 3.8) is 0 Å². The molecule has 0 radical (unpaired) electrons. The van der Waals surface area contributed by atoms with E-state index in [0.717, 1.165) is 4.90 Å². The maximum Gasteiger partial charge on any atom is 0.169 e. The van der Waals surface area contributed by atoms with E-state index in [1.54, 1.807) is 12.1 Å². The first-order valence-electron chi connectivity index (χ1n) is 6.64. The van der Waals surface area contributed by atoms with Crippen LogP contribution in [0.1, 0.15) is 0 Å². The topological polar surface area (TPSA) is 0 Å². The summed E-state index contributed by atoms with van der Waals surface area (Å²) in [5.74, 6) is -0.189. The summed E-state index contributed by atoms with van der Waals surface area (Å²) < 4.78 is 16.1. The standard InChI is InChI=1S/C18H12FI2S/c19-13-2-1-3-18(12-13)22(16-8-4-14(20)5-9-16)17-10-6-15(21)7-11-17/h1-12H/q+1. The Kier molecular flexibility index (Phi) is 5.41. The van der Waals surface area contributed by atoms with Gasteiger partial charge in [0, 0.05) is 13.2 Å². The highest BCUT2D eigenvalue weighted by molar-refractivity contribution is 14.1. The first-order valence-corrected chi connectivity index (χ1v) is 10.0. The van der Waals surface area contributed by atoms with Crippen LogP contribution in [-0.2, 0) is 10.9 Å².